The van der Waals surface area contributed by atoms with E-state index in [0.717, 1.165) is 37.8 Å². The van der Waals surface area contributed by atoms with Crippen LogP contribution in [0.15, 0.2) is 18.2 Å². The van der Waals surface area contributed by atoms with Gasteiger partial charge in [0.15, 0.2) is 0 Å². The molecule has 0 bridgehead atoms. The number of nitrogens with zero attached hydrogens (tertiary/aromatic N) is 1. The second-order valence-corrected chi connectivity index (χ2v) is 5.81. The van der Waals surface area contributed by atoms with E-state index in [9.17, 15) is 0 Å². The maximum absolute atomic E-state index is 6.17. The fourth-order valence-corrected chi connectivity index (χ4v) is 2.38. The molecule has 0 aliphatic heterocycles. The zero-order valence-electron chi connectivity index (χ0n) is 13.1. The Labute approximate surface area is 128 Å². The predicted octanol–water partition coefficient (Wildman–Crippen LogP) is 3.56. The predicted molar refractivity (Wildman–Crippen MR) is 87.8 cm³/mol. The first-order valence-corrected chi connectivity index (χ1v) is 7.69. The molecule has 0 fully saturated rings. The summed E-state index contributed by atoms with van der Waals surface area (Å²) >= 11 is 6.17. The summed E-state index contributed by atoms with van der Waals surface area (Å²) in [6, 6.07) is 6.14. The van der Waals surface area contributed by atoms with Crippen LogP contribution in [0.3, 0.4) is 0 Å². The molecule has 1 aromatic carbocycles. The Morgan fingerprint density at radius 2 is 2.10 bits per heavy atom. The Morgan fingerprint density at radius 3 is 2.70 bits per heavy atom. The molecular formula is C16H27ClN2O. The third-order valence-electron chi connectivity index (χ3n) is 3.15. The normalized spacial score (nSPS) is 11.1. The van der Waals surface area contributed by atoms with Crippen LogP contribution in [0.2, 0.25) is 5.02 Å². The second-order valence-electron chi connectivity index (χ2n) is 5.38. The van der Waals surface area contributed by atoms with Crippen molar-refractivity contribution in [2.45, 2.75) is 27.3 Å². The molecule has 0 saturated carbocycles. The zero-order valence-corrected chi connectivity index (χ0v) is 13.8. The van der Waals surface area contributed by atoms with Gasteiger partial charge < -0.3 is 15.0 Å². The molecule has 0 aliphatic rings. The quantitative estimate of drug-likeness (QED) is 0.706. The Morgan fingerprint density at radius 1 is 1.35 bits per heavy atom. The number of hydrogen-bond acceptors (Lipinski definition) is 3. The molecule has 1 aromatic rings. The lowest BCUT2D eigenvalue weighted by Gasteiger charge is -2.28. The first-order valence-electron chi connectivity index (χ1n) is 7.31. The monoisotopic (exact) mass is 298 g/mol. The topological polar surface area (TPSA) is 24.5 Å². The highest BCUT2D eigenvalue weighted by Gasteiger charge is 2.11. The lowest BCUT2D eigenvalue weighted by molar-refractivity contribution is 0.199. The lowest BCUT2D eigenvalue weighted by atomic mass is 10.1. The summed E-state index contributed by atoms with van der Waals surface area (Å²) in [5.74, 6) is 0.628. The molecule has 4 heteroatoms. The third-order valence-corrected chi connectivity index (χ3v) is 3.39. The van der Waals surface area contributed by atoms with Crippen molar-refractivity contribution in [3.63, 3.8) is 0 Å². The average Bonchev–Trinajstić information content (AvgIpc) is 2.42. The van der Waals surface area contributed by atoms with Crippen LogP contribution in [0.25, 0.3) is 0 Å². The molecule has 20 heavy (non-hydrogen) atoms. The molecular weight excluding hydrogens is 272 g/mol. The van der Waals surface area contributed by atoms with Gasteiger partial charge in [-0.05, 0) is 30.5 Å². The minimum atomic E-state index is 0.628. The van der Waals surface area contributed by atoms with Gasteiger partial charge in [-0.15, -0.1) is 0 Å². The molecule has 0 spiro atoms. The van der Waals surface area contributed by atoms with E-state index in [0.29, 0.717) is 5.92 Å². The zero-order chi connectivity index (χ0) is 15.0. The van der Waals surface area contributed by atoms with Gasteiger partial charge in [-0.3, -0.25) is 0 Å². The van der Waals surface area contributed by atoms with Gasteiger partial charge >= 0.3 is 0 Å². The first-order chi connectivity index (χ1) is 9.58. The fraction of sp³-hybridized carbons (Fsp3) is 0.625. The van der Waals surface area contributed by atoms with Crippen LogP contribution < -0.4 is 10.2 Å². The Kier molecular flexibility index (Phi) is 7.97. The van der Waals surface area contributed by atoms with Gasteiger partial charge in [0.1, 0.15) is 0 Å². The van der Waals surface area contributed by atoms with Gasteiger partial charge in [-0.1, -0.05) is 31.5 Å². The van der Waals surface area contributed by atoms with Crippen molar-refractivity contribution >= 4 is 17.3 Å². The van der Waals surface area contributed by atoms with Gasteiger partial charge in [-0.25, -0.2) is 0 Å². The van der Waals surface area contributed by atoms with E-state index >= 15 is 0 Å². The number of benzene rings is 1. The minimum absolute atomic E-state index is 0.628. The fourth-order valence-electron chi connectivity index (χ4n) is 2.22. The molecule has 0 aromatic heterocycles. The number of methoxy groups -OCH3 is 1. The van der Waals surface area contributed by atoms with Crippen LogP contribution in [0.4, 0.5) is 5.69 Å². The molecule has 0 radical (unpaired) electrons. The van der Waals surface area contributed by atoms with Crippen LogP contribution in [0.5, 0.6) is 0 Å². The number of anilines is 1. The van der Waals surface area contributed by atoms with Gasteiger partial charge in [0.2, 0.25) is 0 Å². The number of nitrogens with one attached hydrogen (secondary N) is 1. The van der Waals surface area contributed by atoms with E-state index in [4.69, 9.17) is 16.3 Å². The van der Waals surface area contributed by atoms with Gasteiger partial charge in [0.25, 0.3) is 0 Å². The molecule has 0 saturated heterocycles. The molecule has 114 valence electrons. The molecule has 0 aliphatic carbocycles. The molecule has 1 N–H and O–H groups in total. The summed E-state index contributed by atoms with van der Waals surface area (Å²) in [5.41, 5.74) is 2.52. The Balaban J connectivity index is 2.82. The van der Waals surface area contributed by atoms with Gasteiger partial charge in [0, 0.05) is 44.0 Å². The molecule has 3 nitrogen and oxygen atoms in total. The number of hydrogen-bond donors (Lipinski definition) is 1. The summed E-state index contributed by atoms with van der Waals surface area (Å²) < 4.78 is 5.06. The summed E-state index contributed by atoms with van der Waals surface area (Å²) in [7, 11) is 1.72. The lowest BCUT2D eigenvalue weighted by Crippen LogP contribution is -2.29. The largest absolute Gasteiger partial charge is 0.383 e. The molecule has 0 unspecified atom stereocenters. The summed E-state index contributed by atoms with van der Waals surface area (Å²) in [6.45, 7) is 11.1. The Bertz CT molecular complexity index is 396. The highest BCUT2D eigenvalue weighted by atomic mass is 35.5. The second kappa shape index (κ2) is 9.22. The third kappa shape index (κ3) is 5.70. The van der Waals surface area contributed by atoms with Crippen LogP contribution in [-0.2, 0) is 11.3 Å². The van der Waals surface area contributed by atoms with Crippen molar-refractivity contribution in [3.05, 3.63) is 28.8 Å². The van der Waals surface area contributed by atoms with Crippen LogP contribution in [-0.4, -0.2) is 33.4 Å². The van der Waals surface area contributed by atoms with E-state index in [1.165, 1.54) is 11.3 Å². The standard InChI is InChI=1S/C16H27ClN2O/c1-5-19(12-13(2)3)16-10-15(17)7-6-14(16)11-18-8-9-20-4/h6-7,10,13,18H,5,8-9,11-12H2,1-4H3. The molecule has 0 heterocycles. The maximum atomic E-state index is 6.17. The van der Waals surface area contributed by atoms with Gasteiger partial charge in [-0.2, -0.15) is 0 Å². The first kappa shape index (κ1) is 17.3. The SMILES string of the molecule is CCN(CC(C)C)c1cc(Cl)ccc1CNCCOC. The minimum Gasteiger partial charge on any atom is -0.383 e. The maximum Gasteiger partial charge on any atom is 0.0587 e. The van der Waals surface area contributed by atoms with E-state index in [1.54, 1.807) is 7.11 Å². The van der Waals surface area contributed by atoms with Crippen molar-refractivity contribution in [2.75, 3.05) is 38.3 Å². The van der Waals surface area contributed by atoms with Crippen molar-refractivity contribution in [1.82, 2.24) is 5.32 Å². The van der Waals surface area contributed by atoms with Crippen LogP contribution in [0.1, 0.15) is 26.3 Å². The number of rotatable bonds is 9. The Hall–Kier alpha value is -0.770. The highest BCUT2D eigenvalue weighted by molar-refractivity contribution is 6.30. The van der Waals surface area contributed by atoms with Crippen LogP contribution in [0, 0.1) is 5.92 Å². The molecule has 0 atom stereocenters. The van der Waals surface area contributed by atoms with E-state index in [-0.39, 0.29) is 0 Å². The smallest absolute Gasteiger partial charge is 0.0587 e. The van der Waals surface area contributed by atoms with E-state index in [1.807, 2.05) is 6.07 Å². The van der Waals surface area contributed by atoms with Crippen molar-refractivity contribution < 1.29 is 4.74 Å². The van der Waals surface area contributed by atoms with Crippen molar-refractivity contribution in [1.29, 1.82) is 0 Å². The van der Waals surface area contributed by atoms with Gasteiger partial charge in [0.05, 0.1) is 6.61 Å². The number of ether oxygens (including phenoxy) is 1. The average molecular weight is 299 g/mol. The summed E-state index contributed by atoms with van der Waals surface area (Å²) in [6.07, 6.45) is 0. The number of halogens is 1. The summed E-state index contributed by atoms with van der Waals surface area (Å²) in [5, 5.41) is 4.19. The van der Waals surface area contributed by atoms with E-state index in [2.05, 4.69) is 43.1 Å². The van der Waals surface area contributed by atoms with Crippen molar-refractivity contribution in [3.8, 4) is 0 Å². The molecule has 0 amide bonds. The highest BCUT2D eigenvalue weighted by Crippen LogP contribution is 2.25. The van der Waals surface area contributed by atoms with Crippen LogP contribution >= 0.6 is 11.6 Å². The molecule has 1 rings (SSSR count). The summed E-state index contributed by atoms with van der Waals surface area (Å²) in [4.78, 5) is 2.39. The van der Waals surface area contributed by atoms with E-state index < -0.39 is 0 Å². The van der Waals surface area contributed by atoms with Crippen molar-refractivity contribution in [2.24, 2.45) is 5.92 Å².